The smallest absolute Gasteiger partial charge is 0.229 e. The Labute approximate surface area is 131 Å². The van der Waals surface area contributed by atoms with Crippen LogP contribution in [-0.4, -0.2) is 17.0 Å². The number of carbonyl (C=O) groups excluding carboxylic acids is 2. The van der Waals surface area contributed by atoms with Crippen LogP contribution in [0.1, 0.15) is 12.2 Å². The molecule has 1 aliphatic rings. The molecule has 22 heavy (non-hydrogen) atoms. The molecule has 1 saturated carbocycles. The summed E-state index contributed by atoms with van der Waals surface area (Å²) < 4.78 is 4.87. The summed E-state index contributed by atoms with van der Waals surface area (Å²) in [6, 6.07) is 8.46. The average molecular weight is 320 g/mol. The molecular formula is C15H14ClN3O3. The molecule has 3 rings (SSSR count). The first-order valence-electron chi connectivity index (χ1n) is 6.83. The summed E-state index contributed by atoms with van der Waals surface area (Å²) in [6.45, 7) is 1.74. The Balaban J connectivity index is 1.53. The number of amides is 2. The Morgan fingerprint density at radius 3 is 2.41 bits per heavy atom. The van der Waals surface area contributed by atoms with E-state index in [4.69, 9.17) is 16.1 Å². The Kier molecular flexibility index (Phi) is 3.85. The fourth-order valence-corrected chi connectivity index (χ4v) is 2.31. The monoisotopic (exact) mass is 319 g/mol. The number of carbonyl (C=O) groups is 2. The van der Waals surface area contributed by atoms with Gasteiger partial charge in [0.15, 0.2) is 5.82 Å². The zero-order valence-electron chi connectivity index (χ0n) is 11.8. The molecule has 6 nitrogen and oxygen atoms in total. The van der Waals surface area contributed by atoms with Crippen molar-refractivity contribution in [2.45, 2.75) is 13.3 Å². The second-order valence-electron chi connectivity index (χ2n) is 5.26. The fraction of sp³-hybridized carbons (Fsp3) is 0.267. The van der Waals surface area contributed by atoms with Gasteiger partial charge in [0.2, 0.25) is 11.8 Å². The summed E-state index contributed by atoms with van der Waals surface area (Å²) in [4.78, 5) is 24.1. The van der Waals surface area contributed by atoms with Crippen molar-refractivity contribution in [3.63, 3.8) is 0 Å². The predicted octanol–water partition coefficient (Wildman–Crippen LogP) is 2.85. The number of benzene rings is 1. The number of anilines is 2. The van der Waals surface area contributed by atoms with Gasteiger partial charge in [-0.15, -0.1) is 0 Å². The number of hydrogen-bond donors (Lipinski definition) is 2. The maximum absolute atomic E-state index is 12.1. The van der Waals surface area contributed by atoms with Crippen molar-refractivity contribution in [3.05, 3.63) is 41.1 Å². The summed E-state index contributed by atoms with van der Waals surface area (Å²) in [6.07, 6.45) is 0.530. The molecule has 1 heterocycles. The summed E-state index contributed by atoms with van der Waals surface area (Å²) in [5.41, 5.74) is 0.660. The minimum atomic E-state index is -0.329. The van der Waals surface area contributed by atoms with Crippen LogP contribution in [0.3, 0.4) is 0 Å². The minimum Gasteiger partial charge on any atom is -0.360 e. The molecule has 2 aromatic rings. The molecule has 0 aliphatic heterocycles. The molecule has 0 bridgehead atoms. The number of nitrogens with one attached hydrogen (secondary N) is 2. The maximum atomic E-state index is 12.1. The third-order valence-electron chi connectivity index (χ3n) is 3.45. The number of rotatable bonds is 4. The van der Waals surface area contributed by atoms with Crippen molar-refractivity contribution in [1.82, 2.24) is 5.16 Å². The van der Waals surface area contributed by atoms with Gasteiger partial charge in [-0.2, -0.15) is 0 Å². The van der Waals surface area contributed by atoms with Gasteiger partial charge < -0.3 is 15.2 Å². The highest BCUT2D eigenvalue weighted by Gasteiger charge is 2.48. The molecule has 2 amide bonds. The Morgan fingerprint density at radius 1 is 1.18 bits per heavy atom. The summed E-state index contributed by atoms with van der Waals surface area (Å²) in [5, 5.41) is 9.71. The number of halogens is 1. The van der Waals surface area contributed by atoms with Crippen molar-refractivity contribution in [2.24, 2.45) is 11.8 Å². The predicted molar refractivity (Wildman–Crippen MR) is 81.5 cm³/mol. The molecule has 1 aromatic heterocycles. The molecule has 1 fully saturated rings. The lowest BCUT2D eigenvalue weighted by Crippen LogP contribution is -2.20. The summed E-state index contributed by atoms with van der Waals surface area (Å²) in [7, 11) is 0. The third kappa shape index (κ3) is 3.28. The highest BCUT2D eigenvalue weighted by Crippen LogP contribution is 2.40. The first kappa shape index (κ1) is 14.6. The lowest BCUT2D eigenvalue weighted by Gasteiger charge is -2.05. The van der Waals surface area contributed by atoms with E-state index in [0.717, 1.165) is 0 Å². The second-order valence-corrected chi connectivity index (χ2v) is 5.69. The largest absolute Gasteiger partial charge is 0.360 e. The lowest BCUT2D eigenvalue weighted by atomic mass is 10.2. The zero-order chi connectivity index (χ0) is 15.7. The van der Waals surface area contributed by atoms with E-state index in [1.165, 1.54) is 0 Å². The summed E-state index contributed by atoms with van der Waals surface area (Å²) in [5.74, 6) is -0.0502. The molecule has 2 atom stereocenters. The van der Waals surface area contributed by atoms with E-state index < -0.39 is 0 Å². The standard InChI is InChI=1S/C15H14ClN3O3/c1-8-6-13(19-22-8)18-15(21)12-7-11(12)14(20)17-10-4-2-9(16)3-5-10/h2-6,11-12H,7H2,1H3,(H,17,20)(H,18,19,21). The first-order chi connectivity index (χ1) is 10.5. The summed E-state index contributed by atoms with van der Waals surface area (Å²) >= 11 is 5.79. The van der Waals surface area contributed by atoms with Gasteiger partial charge in [0, 0.05) is 16.8 Å². The molecule has 2 unspecified atom stereocenters. The molecule has 1 aliphatic carbocycles. The number of hydrogen-bond acceptors (Lipinski definition) is 4. The van der Waals surface area contributed by atoms with Gasteiger partial charge in [-0.3, -0.25) is 9.59 Å². The van der Waals surface area contributed by atoms with Gasteiger partial charge in [0.1, 0.15) is 5.76 Å². The van der Waals surface area contributed by atoms with Crippen LogP contribution in [0.25, 0.3) is 0 Å². The molecular weight excluding hydrogens is 306 g/mol. The number of aryl methyl sites for hydroxylation is 1. The molecule has 0 spiro atoms. The topological polar surface area (TPSA) is 84.2 Å². The van der Waals surface area contributed by atoms with E-state index >= 15 is 0 Å². The average Bonchev–Trinajstić information content (AvgIpc) is 3.19. The van der Waals surface area contributed by atoms with E-state index in [9.17, 15) is 9.59 Å². The van der Waals surface area contributed by atoms with Gasteiger partial charge in [0.05, 0.1) is 11.8 Å². The van der Waals surface area contributed by atoms with Crippen molar-refractivity contribution in [3.8, 4) is 0 Å². The minimum absolute atomic E-state index is 0.168. The van der Waals surface area contributed by atoms with Crippen LogP contribution in [0.4, 0.5) is 11.5 Å². The fourth-order valence-electron chi connectivity index (χ4n) is 2.19. The molecule has 0 radical (unpaired) electrons. The van der Waals surface area contributed by atoms with E-state index in [-0.39, 0.29) is 23.7 Å². The normalized spacial score (nSPS) is 19.5. The highest BCUT2D eigenvalue weighted by atomic mass is 35.5. The quantitative estimate of drug-likeness (QED) is 0.907. The number of aromatic nitrogens is 1. The lowest BCUT2D eigenvalue weighted by molar-refractivity contribution is -0.122. The van der Waals surface area contributed by atoms with E-state index in [2.05, 4.69) is 15.8 Å². The SMILES string of the molecule is Cc1cc(NC(=O)C2CC2C(=O)Nc2ccc(Cl)cc2)no1. The number of nitrogens with zero attached hydrogens (tertiary/aromatic N) is 1. The van der Waals surface area contributed by atoms with Crippen LogP contribution >= 0.6 is 11.6 Å². The van der Waals surface area contributed by atoms with Crippen LogP contribution in [0.2, 0.25) is 5.02 Å². The first-order valence-corrected chi connectivity index (χ1v) is 7.21. The van der Waals surface area contributed by atoms with Gasteiger partial charge in [0.25, 0.3) is 0 Å². The molecule has 114 valence electrons. The van der Waals surface area contributed by atoms with Crippen LogP contribution in [-0.2, 0) is 9.59 Å². The Morgan fingerprint density at radius 2 is 1.82 bits per heavy atom. The molecule has 7 heteroatoms. The highest BCUT2D eigenvalue weighted by molar-refractivity contribution is 6.30. The van der Waals surface area contributed by atoms with Crippen molar-refractivity contribution in [1.29, 1.82) is 0 Å². The van der Waals surface area contributed by atoms with Crippen LogP contribution in [0, 0.1) is 18.8 Å². The van der Waals surface area contributed by atoms with Crippen LogP contribution < -0.4 is 10.6 Å². The van der Waals surface area contributed by atoms with Crippen LogP contribution in [0.5, 0.6) is 0 Å². The molecule has 1 aromatic carbocycles. The van der Waals surface area contributed by atoms with Crippen molar-refractivity contribution >= 4 is 34.9 Å². The van der Waals surface area contributed by atoms with E-state index in [0.29, 0.717) is 28.7 Å². The third-order valence-corrected chi connectivity index (χ3v) is 3.71. The van der Waals surface area contributed by atoms with E-state index in [1.807, 2.05) is 0 Å². The van der Waals surface area contributed by atoms with Crippen LogP contribution in [0.15, 0.2) is 34.9 Å². The van der Waals surface area contributed by atoms with Crippen molar-refractivity contribution in [2.75, 3.05) is 10.6 Å². The van der Waals surface area contributed by atoms with Crippen molar-refractivity contribution < 1.29 is 14.1 Å². The Bertz CT molecular complexity index is 711. The molecule has 2 N–H and O–H groups in total. The molecule has 0 saturated heterocycles. The Hall–Kier alpha value is -2.34. The van der Waals surface area contributed by atoms with Gasteiger partial charge in [-0.05, 0) is 37.6 Å². The van der Waals surface area contributed by atoms with Gasteiger partial charge in [-0.1, -0.05) is 16.8 Å². The van der Waals surface area contributed by atoms with Gasteiger partial charge in [-0.25, -0.2) is 0 Å². The van der Waals surface area contributed by atoms with E-state index in [1.54, 1.807) is 37.3 Å². The zero-order valence-corrected chi connectivity index (χ0v) is 12.6. The maximum Gasteiger partial charge on any atom is 0.229 e. The second kappa shape index (κ2) is 5.81. The van der Waals surface area contributed by atoms with Gasteiger partial charge >= 0.3 is 0 Å².